The first kappa shape index (κ1) is 17.4. The van der Waals surface area contributed by atoms with Gasteiger partial charge >= 0.3 is 0 Å². The van der Waals surface area contributed by atoms with Gasteiger partial charge in [0.05, 0.1) is 16.2 Å². The van der Waals surface area contributed by atoms with Crippen molar-refractivity contribution in [3.05, 3.63) is 70.0 Å². The van der Waals surface area contributed by atoms with E-state index in [1.54, 1.807) is 10.6 Å². The van der Waals surface area contributed by atoms with E-state index in [0.29, 0.717) is 28.2 Å². The number of hydrogen-bond donors (Lipinski definition) is 0. The Morgan fingerprint density at radius 1 is 1.16 bits per heavy atom. The zero-order chi connectivity index (χ0) is 18.0. The van der Waals surface area contributed by atoms with Crippen LogP contribution in [0.3, 0.4) is 0 Å². The van der Waals surface area contributed by atoms with Crippen LogP contribution in [0.25, 0.3) is 10.9 Å². The molecule has 0 amide bonds. The summed E-state index contributed by atoms with van der Waals surface area (Å²) in [5.41, 5.74) is 2.39. The second kappa shape index (κ2) is 7.23. The SMILES string of the molecule is CCn1c(S[C@@H](C)C(=O)c2ccc(C)cc2)nc2ccccc2c1=O. The molecular formula is C20H20N2O2S. The average molecular weight is 352 g/mol. The van der Waals surface area contributed by atoms with Crippen LogP contribution in [0.15, 0.2) is 58.5 Å². The molecule has 1 atom stereocenters. The van der Waals surface area contributed by atoms with Crippen molar-refractivity contribution in [2.24, 2.45) is 0 Å². The summed E-state index contributed by atoms with van der Waals surface area (Å²) >= 11 is 1.33. The van der Waals surface area contributed by atoms with Crippen LogP contribution < -0.4 is 5.56 Å². The first-order chi connectivity index (χ1) is 12.0. The van der Waals surface area contributed by atoms with Crippen LogP contribution in [0.4, 0.5) is 0 Å². The van der Waals surface area contributed by atoms with Gasteiger partial charge in [-0.2, -0.15) is 0 Å². The monoisotopic (exact) mass is 352 g/mol. The Bertz CT molecular complexity index is 977. The number of thioether (sulfide) groups is 1. The predicted molar refractivity (Wildman–Crippen MR) is 103 cm³/mol. The van der Waals surface area contributed by atoms with Crippen molar-refractivity contribution in [3.8, 4) is 0 Å². The van der Waals surface area contributed by atoms with Gasteiger partial charge in [-0.1, -0.05) is 53.7 Å². The molecule has 5 heteroatoms. The van der Waals surface area contributed by atoms with E-state index in [9.17, 15) is 9.59 Å². The van der Waals surface area contributed by atoms with Crippen LogP contribution in [0.5, 0.6) is 0 Å². The molecule has 3 rings (SSSR count). The number of aryl methyl sites for hydroxylation is 1. The zero-order valence-corrected chi connectivity index (χ0v) is 15.3. The zero-order valence-electron chi connectivity index (χ0n) is 14.5. The van der Waals surface area contributed by atoms with Gasteiger partial charge in [0.2, 0.25) is 0 Å². The van der Waals surface area contributed by atoms with Crippen LogP contribution in [-0.4, -0.2) is 20.6 Å². The third kappa shape index (κ3) is 3.51. The quantitative estimate of drug-likeness (QED) is 0.394. The Hall–Kier alpha value is -2.40. The fourth-order valence-electron chi connectivity index (χ4n) is 2.68. The van der Waals surface area contributed by atoms with E-state index in [0.717, 1.165) is 5.56 Å². The molecule has 1 heterocycles. The number of aromatic nitrogens is 2. The van der Waals surface area contributed by atoms with Gasteiger partial charge in [0, 0.05) is 12.1 Å². The van der Waals surface area contributed by atoms with E-state index in [1.807, 2.05) is 63.2 Å². The fraction of sp³-hybridized carbons (Fsp3) is 0.250. The van der Waals surface area contributed by atoms with Crippen molar-refractivity contribution in [1.29, 1.82) is 0 Å². The summed E-state index contributed by atoms with van der Waals surface area (Å²) in [4.78, 5) is 29.9. The first-order valence-corrected chi connectivity index (χ1v) is 9.16. The number of carbonyl (C=O) groups excluding carboxylic acids is 1. The Kier molecular flexibility index (Phi) is 5.04. The van der Waals surface area contributed by atoms with E-state index < -0.39 is 0 Å². The van der Waals surface area contributed by atoms with E-state index in [4.69, 9.17) is 0 Å². The molecule has 0 N–H and O–H groups in total. The second-order valence-electron chi connectivity index (χ2n) is 5.95. The maximum Gasteiger partial charge on any atom is 0.262 e. The normalized spacial score (nSPS) is 12.3. The van der Waals surface area contributed by atoms with Crippen molar-refractivity contribution >= 4 is 28.4 Å². The lowest BCUT2D eigenvalue weighted by atomic mass is 10.1. The molecule has 0 saturated carbocycles. The number of para-hydroxylation sites is 1. The number of benzene rings is 2. The van der Waals surface area contributed by atoms with Gasteiger partial charge in [0.1, 0.15) is 0 Å². The Balaban J connectivity index is 1.95. The highest BCUT2D eigenvalue weighted by atomic mass is 32.2. The molecule has 25 heavy (non-hydrogen) atoms. The number of rotatable bonds is 5. The lowest BCUT2D eigenvalue weighted by molar-refractivity contribution is 0.0994. The number of fused-ring (bicyclic) bond motifs is 1. The molecule has 0 saturated heterocycles. The molecule has 0 aliphatic rings. The molecule has 0 spiro atoms. The van der Waals surface area contributed by atoms with Crippen molar-refractivity contribution in [2.75, 3.05) is 0 Å². The van der Waals surface area contributed by atoms with Crippen LogP contribution in [0, 0.1) is 6.92 Å². The minimum Gasteiger partial charge on any atom is -0.293 e. The molecule has 0 fully saturated rings. The molecule has 4 nitrogen and oxygen atoms in total. The van der Waals surface area contributed by atoms with Crippen LogP contribution in [0.2, 0.25) is 0 Å². The minimum atomic E-state index is -0.325. The van der Waals surface area contributed by atoms with Gasteiger partial charge in [0.15, 0.2) is 10.9 Å². The minimum absolute atomic E-state index is 0.0371. The van der Waals surface area contributed by atoms with E-state index >= 15 is 0 Å². The Labute approximate surface area is 150 Å². The summed E-state index contributed by atoms with van der Waals surface area (Å²) in [5.74, 6) is 0.0371. The molecule has 0 aliphatic heterocycles. The highest BCUT2D eigenvalue weighted by Crippen LogP contribution is 2.25. The second-order valence-corrected chi connectivity index (χ2v) is 7.26. The number of nitrogens with zero attached hydrogens (tertiary/aromatic N) is 2. The summed E-state index contributed by atoms with van der Waals surface area (Å²) in [6.07, 6.45) is 0. The third-order valence-corrected chi connectivity index (χ3v) is 5.22. The Morgan fingerprint density at radius 3 is 2.52 bits per heavy atom. The largest absolute Gasteiger partial charge is 0.293 e. The van der Waals surface area contributed by atoms with Crippen LogP contribution in [0.1, 0.15) is 29.8 Å². The number of ketones is 1. The van der Waals surface area contributed by atoms with Gasteiger partial charge < -0.3 is 0 Å². The highest BCUT2D eigenvalue weighted by Gasteiger charge is 2.20. The third-order valence-electron chi connectivity index (χ3n) is 4.13. The van der Waals surface area contributed by atoms with Crippen molar-refractivity contribution in [3.63, 3.8) is 0 Å². The molecular weight excluding hydrogens is 332 g/mol. The highest BCUT2D eigenvalue weighted by molar-refractivity contribution is 8.00. The summed E-state index contributed by atoms with van der Waals surface area (Å²) in [6.45, 7) is 6.28. The van der Waals surface area contributed by atoms with Gasteiger partial charge in [-0.3, -0.25) is 14.2 Å². The van der Waals surface area contributed by atoms with Gasteiger partial charge in [-0.05, 0) is 32.9 Å². The van der Waals surface area contributed by atoms with E-state index in [-0.39, 0.29) is 16.6 Å². The Morgan fingerprint density at radius 2 is 1.84 bits per heavy atom. The lowest BCUT2D eigenvalue weighted by Gasteiger charge is -2.15. The molecule has 3 aromatic rings. The van der Waals surface area contributed by atoms with E-state index in [2.05, 4.69) is 4.98 Å². The topological polar surface area (TPSA) is 52.0 Å². The first-order valence-electron chi connectivity index (χ1n) is 8.28. The number of carbonyl (C=O) groups is 1. The molecule has 2 aromatic carbocycles. The van der Waals surface area contributed by atoms with Gasteiger partial charge in [-0.15, -0.1) is 0 Å². The van der Waals surface area contributed by atoms with Crippen molar-refractivity contribution in [1.82, 2.24) is 9.55 Å². The van der Waals surface area contributed by atoms with Gasteiger partial charge in [-0.25, -0.2) is 4.98 Å². The molecule has 0 aliphatic carbocycles. The van der Waals surface area contributed by atoms with Crippen molar-refractivity contribution in [2.45, 2.75) is 37.7 Å². The molecule has 0 bridgehead atoms. The molecule has 0 radical (unpaired) electrons. The van der Waals surface area contributed by atoms with Gasteiger partial charge in [0.25, 0.3) is 5.56 Å². The van der Waals surface area contributed by atoms with Crippen molar-refractivity contribution < 1.29 is 4.79 Å². The fourth-order valence-corrected chi connectivity index (χ4v) is 3.73. The maximum absolute atomic E-state index is 12.7. The number of Topliss-reactive ketones (excluding diaryl/α,β-unsaturated/α-hetero) is 1. The molecule has 128 valence electrons. The smallest absolute Gasteiger partial charge is 0.262 e. The van der Waals surface area contributed by atoms with Crippen LogP contribution in [-0.2, 0) is 6.54 Å². The maximum atomic E-state index is 12.7. The molecule has 0 unspecified atom stereocenters. The predicted octanol–water partition coefficient (Wildman–Crippen LogP) is 4.09. The average Bonchev–Trinajstić information content (AvgIpc) is 2.62. The standard InChI is InChI=1S/C20H20N2O2S/c1-4-22-19(24)16-7-5-6-8-17(16)21-20(22)25-14(3)18(23)15-11-9-13(2)10-12-15/h5-12,14H,4H2,1-3H3/t14-/m0/s1. The summed E-state index contributed by atoms with van der Waals surface area (Å²) in [6, 6.07) is 14.9. The molecule has 1 aromatic heterocycles. The number of hydrogen-bond acceptors (Lipinski definition) is 4. The van der Waals surface area contributed by atoms with E-state index in [1.165, 1.54) is 11.8 Å². The van der Waals surface area contributed by atoms with Crippen LogP contribution >= 0.6 is 11.8 Å². The summed E-state index contributed by atoms with van der Waals surface area (Å²) in [7, 11) is 0. The summed E-state index contributed by atoms with van der Waals surface area (Å²) < 4.78 is 1.63. The lowest BCUT2D eigenvalue weighted by Crippen LogP contribution is -2.24. The summed E-state index contributed by atoms with van der Waals surface area (Å²) in [5, 5.41) is 0.860.